The number of para-hydroxylation sites is 2. The second-order valence-corrected chi connectivity index (χ2v) is 7.64. The summed E-state index contributed by atoms with van der Waals surface area (Å²) in [4.78, 5) is 29.2. The summed E-state index contributed by atoms with van der Waals surface area (Å²) >= 11 is 1.04. The smallest absolute Gasteiger partial charge is 0.298 e. The number of oxazole rings is 1. The summed E-state index contributed by atoms with van der Waals surface area (Å²) in [6.45, 7) is 1.10. The fourth-order valence-electron chi connectivity index (χ4n) is 2.88. The first-order valence-corrected chi connectivity index (χ1v) is 9.76. The van der Waals surface area contributed by atoms with Crippen molar-refractivity contribution < 1.29 is 18.7 Å². The van der Waals surface area contributed by atoms with E-state index in [1.807, 2.05) is 60.5 Å². The summed E-state index contributed by atoms with van der Waals surface area (Å²) in [6.07, 6.45) is 0.517. The molecule has 1 aliphatic heterocycles. The van der Waals surface area contributed by atoms with Crippen LogP contribution in [0.3, 0.4) is 0 Å². The summed E-state index contributed by atoms with van der Waals surface area (Å²) in [5.41, 5.74) is 2.58. The molecule has 0 aliphatic carbocycles. The number of likely N-dealkylation sites (N-methyl/N-ethyl adjacent to an activating group) is 1. The Kier molecular flexibility index (Phi) is 5.21. The quantitative estimate of drug-likeness (QED) is 0.655. The van der Waals surface area contributed by atoms with Crippen LogP contribution in [-0.4, -0.2) is 41.6 Å². The lowest BCUT2D eigenvalue weighted by molar-refractivity contribution is -0.118. The number of nitrogens with one attached hydrogen (secondary N) is 1. The van der Waals surface area contributed by atoms with Crippen molar-refractivity contribution in [1.82, 2.24) is 10.3 Å². The molecule has 7 nitrogen and oxygen atoms in total. The van der Waals surface area contributed by atoms with E-state index in [0.717, 1.165) is 34.2 Å². The maximum atomic E-state index is 11.6. The number of hydrogen-bond donors (Lipinski definition) is 1. The molecule has 0 unspecified atom stereocenters. The maximum absolute atomic E-state index is 11.6. The van der Waals surface area contributed by atoms with Gasteiger partial charge in [0, 0.05) is 7.05 Å². The molecule has 1 saturated heterocycles. The van der Waals surface area contributed by atoms with Gasteiger partial charge in [-0.1, -0.05) is 36.0 Å². The number of fused-ring (bicyclic) bond motifs is 1. The first kappa shape index (κ1) is 18.4. The molecule has 1 aliphatic rings. The van der Waals surface area contributed by atoms with Crippen molar-refractivity contribution in [2.45, 2.75) is 11.7 Å². The largest absolute Gasteiger partial charge is 0.492 e. The Morgan fingerprint density at radius 2 is 1.96 bits per heavy atom. The Morgan fingerprint density at radius 3 is 2.68 bits per heavy atom. The number of thioether (sulfide) groups is 1. The lowest BCUT2D eigenvalue weighted by Crippen LogP contribution is -2.25. The van der Waals surface area contributed by atoms with E-state index >= 15 is 0 Å². The number of amides is 2. The zero-order valence-electron chi connectivity index (χ0n) is 15.3. The highest BCUT2D eigenvalue weighted by Gasteiger charge is 2.31. The molecule has 0 saturated carbocycles. The third kappa shape index (κ3) is 4.12. The van der Waals surface area contributed by atoms with E-state index in [1.54, 1.807) is 0 Å². The average Bonchev–Trinajstić information content (AvgIpc) is 3.26. The minimum atomic E-state index is -0.357. The molecule has 1 N–H and O–H groups in total. The van der Waals surface area contributed by atoms with Gasteiger partial charge in [-0.3, -0.25) is 14.9 Å². The van der Waals surface area contributed by atoms with Crippen LogP contribution in [0.1, 0.15) is 5.56 Å². The van der Waals surface area contributed by atoms with E-state index in [2.05, 4.69) is 10.3 Å². The number of aromatic nitrogens is 1. The third-order valence-corrected chi connectivity index (χ3v) is 5.40. The molecule has 28 heavy (non-hydrogen) atoms. The molecule has 0 radical (unpaired) electrons. The van der Waals surface area contributed by atoms with Crippen molar-refractivity contribution in [2.75, 3.05) is 25.1 Å². The molecule has 0 spiro atoms. The average molecular weight is 397 g/mol. The van der Waals surface area contributed by atoms with Gasteiger partial charge in [-0.2, -0.15) is 4.98 Å². The van der Waals surface area contributed by atoms with Crippen LogP contribution in [-0.2, 0) is 11.2 Å². The molecule has 8 heteroatoms. The van der Waals surface area contributed by atoms with Crippen molar-refractivity contribution >= 4 is 40.0 Å². The van der Waals surface area contributed by atoms with Crippen molar-refractivity contribution in [3.63, 3.8) is 0 Å². The van der Waals surface area contributed by atoms with Gasteiger partial charge >= 0.3 is 0 Å². The third-order valence-electron chi connectivity index (χ3n) is 4.42. The first-order valence-electron chi connectivity index (χ1n) is 8.88. The Hall–Kier alpha value is -3.00. The Morgan fingerprint density at radius 1 is 1.18 bits per heavy atom. The number of hydrogen-bond acceptors (Lipinski definition) is 7. The highest BCUT2D eigenvalue weighted by atomic mass is 32.2. The minimum Gasteiger partial charge on any atom is -0.492 e. The van der Waals surface area contributed by atoms with Crippen LogP contribution in [0.25, 0.3) is 11.1 Å². The molecule has 3 aromatic rings. The molecule has 2 aromatic carbocycles. The molecular weight excluding hydrogens is 378 g/mol. The molecule has 144 valence electrons. The number of rotatable bonds is 7. The van der Waals surface area contributed by atoms with Crippen LogP contribution in [0.15, 0.2) is 52.9 Å². The van der Waals surface area contributed by atoms with Crippen molar-refractivity contribution in [3.8, 4) is 5.75 Å². The van der Waals surface area contributed by atoms with Crippen LogP contribution >= 0.6 is 11.8 Å². The van der Waals surface area contributed by atoms with Crippen LogP contribution in [0.2, 0.25) is 0 Å². The molecule has 2 amide bonds. The number of ether oxygens (including phenoxy) is 1. The monoisotopic (exact) mass is 397 g/mol. The standard InChI is InChI=1S/C20H19N3O4S/c1-23(19-21-15-4-2-3-5-16(15)27-19)10-11-26-14-8-6-13(7-9-14)12-17-18(24)22-20(25)28-17/h2-9,17H,10-12H2,1H3,(H,22,24,25)/t17-/m1/s1. The number of nitrogens with zero attached hydrogens (tertiary/aromatic N) is 2. The second kappa shape index (κ2) is 7.93. The zero-order valence-corrected chi connectivity index (χ0v) is 16.1. The van der Waals surface area contributed by atoms with Gasteiger partial charge in [0.25, 0.3) is 11.3 Å². The fourth-order valence-corrected chi connectivity index (χ4v) is 3.74. The fraction of sp³-hybridized carbons (Fsp3) is 0.250. The van der Waals surface area contributed by atoms with Gasteiger partial charge in [-0.25, -0.2) is 0 Å². The molecule has 2 heterocycles. The highest BCUT2D eigenvalue weighted by Crippen LogP contribution is 2.24. The maximum Gasteiger partial charge on any atom is 0.298 e. The molecular formula is C20H19N3O4S. The Balaban J connectivity index is 1.27. The van der Waals surface area contributed by atoms with E-state index in [0.29, 0.717) is 25.6 Å². The van der Waals surface area contributed by atoms with Gasteiger partial charge in [0.2, 0.25) is 5.91 Å². The zero-order chi connectivity index (χ0) is 19.5. The number of carbonyl (C=O) groups excluding carboxylic acids is 2. The van der Waals surface area contributed by atoms with Crippen molar-refractivity contribution in [1.29, 1.82) is 0 Å². The predicted octanol–water partition coefficient (Wildman–Crippen LogP) is 3.24. The van der Waals surface area contributed by atoms with E-state index < -0.39 is 0 Å². The predicted molar refractivity (Wildman–Crippen MR) is 108 cm³/mol. The van der Waals surface area contributed by atoms with Crippen molar-refractivity contribution in [2.24, 2.45) is 0 Å². The van der Waals surface area contributed by atoms with Gasteiger partial charge < -0.3 is 14.1 Å². The van der Waals surface area contributed by atoms with Crippen LogP contribution in [0.4, 0.5) is 10.8 Å². The van der Waals surface area contributed by atoms with E-state index in [-0.39, 0.29) is 16.4 Å². The number of anilines is 1. The van der Waals surface area contributed by atoms with Gasteiger partial charge in [-0.15, -0.1) is 0 Å². The summed E-state index contributed by atoms with van der Waals surface area (Å²) in [7, 11) is 1.91. The van der Waals surface area contributed by atoms with Gasteiger partial charge in [0.15, 0.2) is 5.58 Å². The van der Waals surface area contributed by atoms with Gasteiger partial charge in [0.1, 0.15) is 17.9 Å². The molecule has 1 aromatic heterocycles. The summed E-state index contributed by atoms with van der Waals surface area (Å²) in [5, 5.41) is 1.67. The van der Waals surface area contributed by atoms with Crippen LogP contribution in [0.5, 0.6) is 5.75 Å². The first-order chi connectivity index (χ1) is 13.6. The summed E-state index contributed by atoms with van der Waals surface area (Å²) in [6, 6.07) is 15.8. The second-order valence-electron chi connectivity index (χ2n) is 6.47. The SMILES string of the molecule is CN(CCOc1ccc(C[C@H]2SC(=O)NC2=O)cc1)c1nc2ccccc2o1. The lowest BCUT2D eigenvalue weighted by Gasteiger charge is -2.15. The molecule has 1 fully saturated rings. The number of carbonyl (C=O) groups is 2. The lowest BCUT2D eigenvalue weighted by atomic mass is 10.1. The summed E-state index contributed by atoms with van der Waals surface area (Å²) < 4.78 is 11.5. The summed E-state index contributed by atoms with van der Waals surface area (Å²) in [5.74, 6) is 0.520. The topological polar surface area (TPSA) is 84.7 Å². The molecule has 0 bridgehead atoms. The van der Waals surface area contributed by atoms with E-state index in [9.17, 15) is 9.59 Å². The van der Waals surface area contributed by atoms with E-state index in [1.165, 1.54) is 0 Å². The Labute approximate surface area is 166 Å². The number of benzene rings is 2. The van der Waals surface area contributed by atoms with Gasteiger partial charge in [0.05, 0.1) is 11.8 Å². The van der Waals surface area contributed by atoms with Crippen LogP contribution in [0, 0.1) is 0 Å². The number of imide groups is 1. The Bertz CT molecular complexity index is 969. The van der Waals surface area contributed by atoms with Gasteiger partial charge in [-0.05, 0) is 36.2 Å². The van der Waals surface area contributed by atoms with Crippen molar-refractivity contribution in [3.05, 3.63) is 54.1 Å². The molecule has 1 atom stereocenters. The normalized spacial score (nSPS) is 16.4. The minimum absolute atomic E-state index is 0.224. The van der Waals surface area contributed by atoms with E-state index in [4.69, 9.17) is 9.15 Å². The molecule has 4 rings (SSSR count). The van der Waals surface area contributed by atoms with Crippen LogP contribution < -0.4 is 15.0 Å². The highest BCUT2D eigenvalue weighted by molar-refractivity contribution is 8.15.